The normalized spacial score (nSPS) is 17.1. The summed E-state index contributed by atoms with van der Waals surface area (Å²) in [6.45, 7) is 0. The Morgan fingerprint density at radius 3 is 2.65 bits per heavy atom. The molecule has 0 aliphatic heterocycles. The molecule has 2 N–H and O–H groups in total. The lowest BCUT2D eigenvalue weighted by Gasteiger charge is -2.20. The van der Waals surface area contributed by atoms with Gasteiger partial charge in [-0.15, -0.1) is 0 Å². The monoisotopic (exact) mass is 585 g/mol. The van der Waals surface area contributed by atoms with E-state index >= 15 is 0 Å². The van der Waals surface area contributed by atoms with Gasteiger partial charge in [-0.2, -0.15) is 0 Å². The number of hydrogen-bond acceptors (Lipinski definition) is 7. The SMILES string of the molecule is CNC(=O)[C@@H]1CCCC1n1cnc2ccc(-c3cnc(OC)c(NS(=O)(=O)c4ccc(F)cc4Cl)c3)cc2c1=O. The van der Waals surface area contributed by atoms with E-state index in [0.717, 1.165) is 24.6 Å². The van der Waals surface area contributed by atoms with Gasteiger partial charge in [0.25, 0.3) is 15.6 Å². The Balaban J connectivity index is 1.54. The highest BCUT2D eigenvalue weighted by molar-refractivity contribution is 7.92. The molecule has 0 bridgehead atoms. The molecule has 0 saturated heterocycles. The molecule has 13 heteroatoms. The fourth-order valence-electron chi connectivity index (χ4n) is 5.06. The molecule has 0 radical (unpaired) electrons. The van der Waals surface area contributed by atoms with Crippen molar-refractivity contribution < 1.29 is 22.3 Å². The highest BCUT2D eigenvalue weighted by Crippen LogP contribution is 2.36. The Kier molecular flexibility index (Phi) is 7.47. The minimum absolute atomic E-state index is 0.00292. The number of anilines is 1. The van der Waals surface area contributed by atoms with Gasteiger partial charge in [0.05, 0.1) is 35.3 Å². The van der Waals surface area contributed by atoms with Crippen molar-refractivity contribution in [2.24, 2.45) is 5.92 Å². The maximum Gasteiger partial charge on any atom is 0.263 e. The maximum atomic E-state index is 13.5. The van der Waals surface area contributed by atoms with Crippen molar-refractivity contribution in [2.45, 2.75) is 30.2 Å². The molecule has 5 rings (SSSR count). The Bertz CT molecular complexity index is 1800. The molecule has 2 atom stereocenters. The molecule has 40 heavy (non-hydrogen) atoms. The minimum atomic E-state index is -4.23. The van der Waals surface area contributed by atoms with Gasteiger partial charge in [0, 0.05) is 24.8 Å². The lowest BCUT2D eigenvalue weighted by atomic mass is 10.0. The number of amides is 1. The number of carbonyl (C=O) groups is 1. The summed E-state index contributed by atoms with van der Waals surface area (Å²) in [6.07, 6.45) is 5.17. The third-order valence-corrected chi connectivity index (χ3v) is 8.86. The van der Waals surface area contributed by atoms with Crippen LogP contribution in [0.4, 0.5) is 10.1 Å². The zero-order valence-electron chi connectivity index (χ0n) is 21.5. The van der Waals surface area contributed by atoms with Crippen LogP contribution >= 0.6 is 11.6 Å². The average molecular weight is 586 g/mol. The smallest absolute Gasteiger partial charge is 0.263 e. The van der Waals surface area contributed by atoms with Crippen LogP contribution in [0.1, 0.15) is 25.3 Å². The second-order valence-corrected chi connectivity index (χ2v) is 11.4. The highest BCUT2D eigenvalue weighted by Gasteiger charge is 2.34. The number of halogens is 2. The van der Waals surface area contributed by atoms with E-state index < -0.39 is 15.8 Å². The molecule has 2 aromatic carbocycles. The number of carbonyl (C=O) groups excluding carboxylic acids is 1. The Labute approximate surface area is 234 Å². The first-order valence-electron chi connectivity index (χ1n) is 12.4. The van der Waals surface area contributed by atoms with Crippen LogP contribution in [0.5, 0.6) is 5.88 Å². The van der Waals surface area contributed by atoms with Crippen LogP contribution in [-0.4, -0.2) is 43.0 Å². The summed E-state index contributed by atoms with van der Waals surface area (Å²) in [5.41, 5.74) is 1.29. The zero-order valence-corrected chi connectivity index (χ0v) is 23.1. The standard InChI is InChI=1S/C27H25ClFN5O5S/c1-30-25(35)18-4-3-5-23(18)34-14-32-21-8-6-15(10-19(21)27(34)36)16-11-22(26(39-2)31-13-16)33-40(37,38)24-9-7-17(29)12-20(24)28/h6-14,18,23,33H,3-5H2,1-2H3,(H,30,35)/t18-,23?/m1/s1. The lowest BCUT2D eigenvalue weighted by Crippen LogP contribution is -2.35. The first-order valence-corrected chi connectivity index (χ1v) is 14.2. The third kappa shape index (κ3) is 5.11. The van der Waals surface area contributed by atoms with Crippen molar-refractivity contribution in [2.75, 3.05) is 18.9 Å². The van der Waals surface area contributed by atoms with E-state index in [-0.39, 0.29) is 44.9 Å². The largest absolute Gasteiger partial charge is 0.480 e. The number of ether oxygens (including phenoxy) is 1. The van der Waals surface area contributed by atoms with Crippen molar-refractivity contribution in [1.29, 1.82) is 0 Å². The number of aromatic nitrogens is 3. The quantitative estimate of drug-likeness (QED) is 0.333. The van der Waals surface area contributed by atoms with Gasteiger partial charge >= 0.3 is 0 Å². The Morgan fingerprint density at radius 2 is 1.93 bits per heavy atom. The number of sulfonamides is 1. The van der Waals surface area contributed by atoms with E-state index in [1.807, 2.05) is 0 Å². The first kappa shape index (κ1) is 27.5. The van der Waals surface area contributed by atoms with E-state index in [4.69, 9.17) is 16.3 Å². The van der Waals surface area contributed by atoms with E-state index in [2.05, 4.69) is 20.0 Å². The molecule has 2 heterocycles. The van der Waals surface area contributed by atoms with Gasteiger partial charge in [0.1, 0.15) is 16.4 Å². The Hall–Kier alpha value is -4.03. The number of benzene rings is 2. The molecule has 208 valence electrons. The fraction of sp³-hybridized carbons (Fsp3) is 0.259. The second kappa shape index (κ2) is 10.9. The molecular formula is C27H25ClFN5O5S. The van der Waals surface area contributed by atoms with Gasteiger partial charge < -0.3 is 10.1 Å². The van der Waals surface area contributed by atoms with Gasteiger partial charge in [-0.05, 0) is 54.8 Å². The number of fused-ring (bicyclic) bond motifs is 1. The van der Waals surface area contributed by atoms with Crippen molar-refractivity contribution in [3.63, 3.8) is 0 Å². The van der Waals surface area contributed by atoms with Gasteiger partial charge in [0.15, 0.2) is 0 Å². The van der Waals surface area contributed by atoms with Crippen molar-refractivity contribution in [3.05, 3.63) is 76.2 Å². The summed E-state index contributed by atoms with van der Waals surface area (Å²) in [4.78, 5) is 34.3. The second-order valence-electron chi connectivity index (χ2n) is 9.37. The average Bonchev–Trinajstić information content (AvgIpc) is 3.42. The summed E-state index contributed by atoms with van der Waals surface area (Å²) in [5, 5.41) is 2.74. The summed E-state index contributed by atoms with van der Waals surface area (Å²) in [5.74, 6) is -1.10. The topological polar surface area (TPSA) is 132 Å². The highest BCUT2D eigenvalue weighted by atomic mass is 35.5. The van der Waals surface area contributed by atoms with Gasteiger partial charge in [0.2, 0.25) is 11.8 Å². The molecule has 1 fully saturated rings. The molecule has 4 aromatic rings. The van der Waals surface area contributed by atoms with Crippen LogP contribution in [0.2, 0.25) is 5.02 Å². The third-order valence-electron chi connectivity index (χ3n) is 7.01. The Morgan fingerprint density at radius 1 is 1.12 bits per heavy atom. The van der Waals surface area contributed by atoms with Gasteiger partial charge in [-0.1, -0.05) is 24.1 Å². The van der Waals surface area contributed by atoms with Crippen LogP contribution in [0.15, 0.2) is 64.7 Å². The number of hydrogen-bond donors (Lipinski definition) is 2. The number of nitrogens with zero attached hydrogens (tertiary/aromatic N) is 3. The van der Waals surface area contributed by atoms with Gasteiger partial charge in [-0.3, -0.25) is 18.9 Å². The van der Waals surface area contributed by atoms with Crippen LogP contribution in [0.3, 0.4) is 0 Å². The number of pyridine rings is 1. The van der Waals surface area contributed by atoms with E-state index in [9.17, 15) is 22.4 Å². The molecule has 1 unspecified atom stereocenters. The fourth-order valence-corrected chi connectivity index (χ4v) is 6.64. The summed E-state index contributed by atoms with van der Waals surface area (Å²) in [7, 11) is -1.31. The van der Waals surface area contributed by atoms with Crippen molar-refractivity contribution in [3.8, 4) is 17.0 Å². The molecule has 1 aliphatic carbocycles. The van der Waals surface area contributed by atoms with Crippen molar-refractivity contribution >= 4 is 44.1 Å². The lowest BCUT2D eigenvalue weighted by molar-refractivity contribution is -0.125. The molecule has 1 saturated carbocycles. The number of nitrogens with one attached hydrogen (secondary N) is 2. The van der Waals surface area contributed by atoms with E-state index in [1.165, 1.54) is 30.3 Å². The van der Waals surface area contributed by atoms with Crippen molar-refractivity contribution in [1.82, 2.24) is 19.9 Å². The zero-order chi connectivity index (χ0) is 28.6. The number of rotatable bonds is 7. The molecule has 10 nitrogen and oxygen atoms in total. The summed E-state index contributed by atoms with van der Waals surface area (Å²) in [6, 6.07) is 9.25. The number of methoxy groups -OCH3 is 1. The van der Waals surface area contributed by atoms with Crippen LogP contribution in [-0.2, 0) is 14.8 Å². The maximum absolute atomic E-state index is 13.5. The molecule has 1 amide bonds. The van der Waals surface area contributed by atoms with E-state index in [1.54, 1.807) is 25.2 Å². The molecule has 1 aliphatic rings. The van der Waals surface area contributed by atoms with Crippen LogP contribution in [0, 0.1) is 11.7 Å². The van der Waals surface area contributed by atoms with Gasteiger partial charge in [-0.25, -0.2) is 22.8 Å². The molecular weight excluding hydrogens is 561 g/mol. The summed E-state index contributed by atoms with van der Waals surface area (Å²) < 4.78 is 48.7. The molecule has 0 spiro atoms. The predicted octanol–water partition coefficient (Wildman–Crippen LogP) is 4.15. The first-order chi connectivity index (χ1) is 19.1. The molecule has 2 aromatic heterocycles. The van der Waals surface area contributed by atoms with Crippen LogP contribution < -0.4 is 20.3 Å². The predicted molar refractivity (Wildman–Crippen MR) is 148 cm³/mol. The van der Waals surface area contributed by atoms with Crippen LogP contribution in [0.25, 0.3) is 22.0 Å². The minimum Gasteiger partial charge on any atom is -0.480 e. The van der Waals surface area contributed by atoms with E-state index in [0.29, 0.717) is 34.9 Å². The summed E-state index contributed by atoms with van der Waals surface area (Å²) >= 11 is 5.98.